The highest BCUT2D eigenvalue weighted by Crippen LogP contribution is 2.32. The largest absolute Gasteiger partial charge is 0.360 e. The van der Waals surface area contributed by atoms with E-state index in [9.17, 15) is 4.79 Å². The summed E-state index contributed by atoms with van der Waals surface area (Å²) in [6.45, 7) is 2.84. The lowest BCUT2D eigenvalue weighted by molar-refractivity contribution is 0.0922. The van der Waals surface area contributed by atoms with E-state index in [4.69, 9.17) is 16.1 Å². The molecule has 1 aromatic carbocycles. The lowest BCUT2D eigenvalue weighted by atomic mass is 9.88. The van der Waals surface area contributed by atoms with Gasteiger partial charge in [0.2, 0.25) is 0 Å². The van der Waals surface area contributed by atoms with Crippen molar-refractivity contribution >= 4 is 17.5 Å². The molecule has 2 aliphatic carbocycles. The summed E-state index contributed by atoms with van der Waals surface area (Å²) in [5.74, 6) is 1.27. The fourth-order valence-corrected chi connectivity index (χ4v) is 4.87. The highest BCUT2D eigenvalue weighted by molar-refractivity contribution is 6.31. The molecule has 2 atom stereocenters. The van der Waals surface area contributed by atoms with Gasteiger partial charge in [-0.05, 0) is 49.7 Å². The van der Waals surface area contributed by atoms with Crippen LogP contribution in [0.1, 0.15) is 70.9 Å². The number of amides is 1. The second-order valence-corrected chi connectivity index (χ2v) is 8.90. The van der Waals surface area contributed by atoms with Crippen molar-refractivity contribution in [3.63, 3.8) is 0 Å². The van der Waals surface area contributed by atoms with Crippen LogP contribution in [0.2, 0.25) is 5.02 Å². The third kappa shape index (κ3) is 3.54. The smallest absolute Gasteiger partial charge is 0.274 e. The van der Waals surface area contributed by atoms with Gasteiger partial charge < -0.3 is 9.84 Å². The molecule has 6 nitrogen and oxygen atoms in total. The standard InChI is InChI=1S/C23H25ClN4O2/c1-14-9-10-21-16(11-14)22(27-30-21)23(29)26-19-7-4-8-20-17(19)12-25-28(20)13-15-5-2-3-6-18(15)24/h2-3,5-6,12,14,19H,4,7-11,13H2,1H3,(H,26,29)/t14-,19-/m1/s1. The number of hydrogen-bond donors (Lipinski definition) is 1. The molecule has 0 radical (unpaired) electrons. The average Bonchev–Trinajstić information content (AvgIpc) is 3.34. The summed E-state index contributed by atoms with van der Waals surface area (Å²) in [5.41, 5.74) is 4.73. The van der Waals surface area contributed by atoms with Crippen LogP contribution >= 0.6 is 11.6 Å². The number of benzene rings is 1. The maximum Gasteiger partial charge on any atom is 0.274 e. The van der Waals surface area contributed by atoms with Crippen molar-refractivity contribution in [1.29, 1.82) is 0 Å². The minimum Gasteiger partial charge on any atom is -0.360 e. The zero-order valence-corrected chi connectivity index (χ0v) is 17.8. The molecule has 2 heterocycles. The molecule has 0 fully saturated rings. The van der Waals surface area contributed by atoms with Crippen molar-refractivity contribution in [2.75, 3.05) is 0 Å². The zero-order valence-electron chi connectivity index (χ0n) is 17.0. The van der Waals surface area contributed by atoms with Gasteiger partial charge in [-0.15, -0.1) is 0 Å². The fourth-order valence-electron chi connectivity index (χ4n) is 4.68. The van der Waals surface area contributed by atoms with Crippen molar-refractivity contribution in [3.05, 3.63) is 69.3 Å². The predicted molar refractivity (Wildman–Crippen MR) is 114 cm³/mol. The summed E-state index contributed by atoms with van der Waals surface area (Å²) in [6, 6.07) is 7.77. The molecule has 2 aromatic heterocycles. The summed E-state index contributed by atoms with van der Waals surface area (Å²) in [4.78, 5) is 13.0. The molecule has 1 amide bonds. The summed E-state index contributed by atoms with van der Waals surface area (Å²) < 4.78 is 7.47. The fraction of sp³-hybridized carbons (Fsp3) is 0.435. The van der Waals surface area contributed by atoms with E-state index >= 15 is 0 Å². The third-order valence-electron chi connectivity index (χ3n) is 6.35. The molecule has 2 aliphatic rings. The van der Waals surface area contributed by atoms with Crippen molar-refractivity contribution in [2.45, 2.75) is 58.0 Å². The molecular formula is C23H25ClN4O2. The SMILES string of the molecule is C[C@@H]1CCc2onc(C(=O)N[C@@H]3CCCc4c3cnn4Cc3ccccc3Cl)c2C1. The van der Waals surface area contributed by atoms with E-state index in [0.717, 1.165) is 66.0 Å². The first-order valence-electron chi connectivity index (χ1n) is 10.7. The Morgan fingerprint density at radius 2 is 2.17 bits per heavy atom. The molecule has 1 N–H and O–H groups in total. The predicted octanol–water partition coefficient (Wildman–Crippen LogP) is 4.51. The monoisotopic (exact) mass is 424 g/mol. The normalized spacial score (nSPS) is 20.5. The van der Waals surface area contributed by atoms with Crippen LogP contribution in [0.4, 0.5) is 0 Å². The lowest BCUT2D eigenvalue weighted by Crippen LogP contribution is -2.32. The van der Waals surface area contributed by atoms with Gasteiger partial charge in [-0.1, -0.05) is 41.9 Å². The van der Waals surface area contributed by atoms with E-state index in [0.29, 0.717) is 18.2 Å². The first-order valence-corrected chi connectivity index (χ1v) is 11.0. The van der Waals surface area contributed by atoms with E-state index < -0.39 is 0 Å². The average molecular weight is 425 g/mol. The van der Waals surface area contributed by atoms with Crippen LogP contribution in [-0.2, 0) is 25.8 Å². The summed E-state index contributed by atoms with van der Waals surface area (Å²) in [7, 11) is 0. The number of hydrogen-bond acceptors (Lipinski definition) is 4. The van der Waals surface area contributed by atoms with Gasteiger partial charge in [-0.25, -0.2) is 0 Å². The van der Waals surface area contributed by atoms with Gasteiger partial charge in [-0.3, -0.25) is 9.48 Å². The first kappa shape index (κ1) is 19.4. The van der Waals surface area contributed by atoms with Crippen LogP contribution in [0.3, 0.4) is 0 Å². The molecule has 7 heteroatoms. The van der Waals surface area contributed by atoms with E-state index in [1.165, 1.54) is 5.69 Å². The van der Waals surface area contributed by atoms with Gasteiger partial charge in [0, 0.05) is 28.3 Å². The molecule has 0 bridgehead atoms. The number of carbonyl (C=O) groups excluding carboxylic acids is 1. The van der Waals surface area contributed by atoms with Crippen LogP contribution < -0.4 is 5.32 Å². The molecule has 0 saturated carbocycles. The maximum atomic E-state index is 13.0. The van der Waals surface area contributed by atoms with Gasteiger partial charge >= 0.3 is 0 Å². The molecule has 5 rings (SSSR count). The van der Waals surface area contributed by atoms with Crippen LogP contribution in [0, 0.1) is 5.92 Å². The maximum absolute atomic E-state index is 13.0. The van der Waals surface area contributed by atoms with Gasteiger partial charge in [0.15, 0.2) is 5.69 Å². The van der Waals surface area contributed by atoms with Crippen LogP contribution in [0.25, 0.3) is 0 Å². The number of fused-ring (bicyclic) bond motifs is 2. The Hall–Kier alpha value is -2.60. The van der Waals surface area contributed by atoms with Crippen LogP contribution in [0.15, 0.2) is 35.0 Å². The zero-order chi connectivity index (χ0) is 20.7. The third-order valence-corrected chi connectivity index (χ3v) is 6.72. The quantitative estimate of drug-likeness (QED) is 0.669. The Bertz CT molecular complexity index is 1090. The number of nitrogens with zero attached hydrogens (tertiary/aromatic N) is 3. The summed E-state index contributed by atoms with van der Waals surface area (Å²) in [6.07, 6.45) is 7.53. The molecule has 3 aromatic rings. The van der Waals surface area contributed by atoms with E-state index in [2.05, 4.69) is 22.5 Å². The number of aromatic nitrogens is 3. The Labute approximate surface area is 180 Å². The Morgan fingerprint density at radius 3 is 3.03 bits per heavy atom. The highest BCUT2D eigenvalue weighted by Gasteiger charge is 2.30. The van der Waals surface area contributed by atoms with Gasteiger partial charge in [0.05, 0.1) is 18.8 Å². The van der Waals surface area contributed by atoms with E-state index in [1.54, 1.807) is 0 Å². The van der Waals surface area contributed by atoms with E-state index in [-0.39, 0.29) is 11.9 Å². The van der Waals surface area contributed by atoms with Crippen molar-refractivity contribution < 1.29 is 9.32 Å². The second-order valence-electron chi connectivity index (χ2n) is 8.49. The number of aryl methyl sites for hydroxylation is 1. The molecule has 0 spiro atoms. The highest BCUT2D eigenvalue weighted by atomic mass is 35.5. The molecular weight excluding hydrogens is 400 g/mol. The molecule has 0 aliphatic heterocycles. The number of halogens is 1. The Kier molecular flexibility index (Phi) is 5.11. The molecule has 156 valence electrons. The summed E-state index contributed by atoms with van der Waals surface area (Å²) >= 11 is 6.33. The van der Waals surface area contributed by atoms with Gasteiger partial charge in [0.25, 0.3) is 5.91 Å². The molecule has 30 heavy (non-hydrogen) atoms. The van der Waals surface area contributed by atoms with Gasteiger partial charge in [0.1, 0.15) is 5.76 Å². The van der Waals surface area contributed by atoms with Crippen LogP contribution in [-0.4, -0.2) is 20.8 Å². The van der Waals surface area contributed by atoms with Crippen LogP contribution in [0.5, 0.6) is 0 Å². The molecule has 0 unspecified atom stereocenters. The van der Waals surface area contributed by atoms with Crippen molar-refractivity contribution in [2.24, 2.45) is 5.92 Å². The Morgan fingerprint density at radius 1 is 1.30 bits per heavy atom. The lowest BCUT2D eigenvalue weighted by Gasteiger charge is -2.24. The van der Waals surface area contributed by atoms with E-state index in [1.807, 2.05) is 35.1 Å². The number of carbonyl (C=O) groups is 1. The first-order chi connectivity index (χ1) is 14.6. The second kappa shape index (κ2) is 7.91. The minimum atomic E-state index is -0.147. The topological polar surface area (TPSA) is 73.0 Å². The minimum absolute atomic E-state index is 0.0605. The van der Waals surface area contributed by atoms with Crippen molar-refractivity contribution in [3.8, 4) is 0 Å². The molecule has 0 saturated heterocycles. The number of nitrogens with one attached hydrogen (secondary N) is 1. The van der Waals surface area contributed by atoms with Crippen molar-refractivity contribution in [1.82, 2.24) is 20.3 Å². The van der Waals surface area contributed by atoms with Gasteiger partial charge in [-0.2, -0.15) is 5.10 Å². The summed E-state index contributed by atoms with van der Waals surface area (Å²) in [5, 5.41) is 12.6. The Balaban J connectivity index is 1.36. The number of rotatable bonds is 4.